The van der Waals surface area contributed by atoms with Crippen molar-refractivity contribution in [3.05, 3.63) is 70.8 Å². The Hall–Kier alpha value is -2.48. The third-order valence-corrected chi connectivity index (χ3v) is 4.45. The van der Waals surface area contributed by atoms with Crippen LogP contribution in [0.4, 0.5) is 8.78 Å². The van der Waals surface area contributed by atoms with Crippen LogP contribution in [0, 0.1) is 11.6 Å². The molecule has 0 bridgehead atoms. The minimum absolute atomic E-state index is 0.00311. The number of aliphatic imine (C=N–C) groups is 1. The second-order valence-electron chi connectivity index (χ2n) is 5.90. The van der Waals surface area contributed by atoms with Crippen molar-refractivity contribution in [1.82, 2.24) is 10.6 Å². The van der Waals surface area contributed by atoms with E-state index >= 15 is 0 Å². The molecule has 0 aromatic heterocycles. The molecule has 0 aliphatic carbocycles. The second kappa shape index (κ2) is 8.75. The van der Waals surface area contributed by atoms with Gasteiger partial charge in [-0.3, -0.25) is 4.99 Å². The lowest BCUT2D eigenvalue weighted by atomic mass is 10.1. The van der Waals surface area contributed by atoms with Gasteiger partial charge in [0.25, 0.3) is 0 Å². The molecule has 0 radical (unpaired) electrons. The highest BCUT2D eigenvalue weighted by molar-refractivity contribution is 7.89. The van der Waals surface area contributed by atoms with Crippen LogP contribution in [0.1, 0.15) is 16.7 Å². The zero-order valence-electron chi connectivity index (χ0n) is 14.6. The SMILES string of the molecule is CN=C(NCc1ccc(CS(C)(=O)=O)cc1)NCc1cc(F)ccc1F. The largest absolute Gasteiger partial charge is 0.352 e. The molecule has 2 N–H and O–H groups in total. The van der Waals surface area contributed by atoms with Gasteiger partial charge in [0.2, 0.25) is 0 Å². The Morgan fingerprint density at radius 3 is 2.23 bits per heavy atom. The van der Waals surface area contributed by atoms with E-state index in [9.17, 15) is 17.2 Å². The molecule has 0 aliphatic rings. The lowest BCUT2D eigenvalue weighted by Gasteiger charge is -2.13. The molecule has 0 amide bonds. The number of hydrogen-bond acceptors (Lipinski definition) is 3. The van der Waals surface area contributed by atoms with Gasteiger partial charge in [0.15, 0.2) is 15.8 Å². The maximum Gasteiger partial charge on any atom is 0.191 e. The predicted octanol–water partition coefficient (Wildman–Crippen LogP) is 2.37. The molecule has 2 rings (SSSR count). The number of benzene rings is 2. The molecule has 0 unspecified atom stereocenters. The molecule has 0 atom stereocenters. The first kappa shape index (κ1) is 19.8. The van der Waals surface area contributed by atoms with Gasteiger partial charge < -0.3 is 10.6 Å². The topological polar surface area (TPSA) is 70.6 Å². The van der Waals surface area contributed by atoms with Crippen LogP contribution in [-0.2, 0) is 28.7 Å². The fourth-order valence-corrected chi connectivity index (χ4v) is 3.12. The molecule has 26 heavy (non-hydrogen) atoms. The first-order valence-electron chi connectivity index (χ1n) is 7.91. The molecule has 0 heterocycles. The number of hydrogen-bond donors (Lipinski definition) is 2. The third-order valence-electron chi connectivity index (χ3n) is 3.59. The molecule has 5 nitrogen and oxygen atoms in total. The molecule has 0 saturated heterocycles. The van der Waals surface area contributed by atoms with Crippen LogP contribution in [0.25, 0.3) is 0 Å². The maximum absolute atomic E-state index is 13.6. The van der Waals surface area contributed by atoms with Crippen LogP contribution in [-0.4, -0.2) is 27.7 Å². The highest BCUT2D eigenvalue weighted by atomic mass is 32.2. The monoisotopic (exact) mass is 381 g/mol. The van der Waals surface area contributed by atoms with E-state index in [1.54, 1.807) is 19.2 Å². The summed E-state index contributed by atoms with van der Waals surface area (Å²) >= 11 is 0. The Morgan fingerprint density at radius 1 is 1.00 bits per heavy atom. The van der Waals surface area contributed by atoms with E-state index in [0.717, 1.165) is 29.3 Å². The molecular formula is C18H21F2N3O2S. The number of rotatable bonds is 6. The summed E-state index contributed by atoms with van der Waals surface area (Å²) in [5, 5.41) is 5.98. The standard InChI is InChI=1S/C18H21F2N3O2S/c1-21-18(23-11-15-9-16(19)7-8-17(15)20)22-10-13-3-5-14(6-4-13)12-26(2,24)25/h3-9H,10-12H2,1-2H3,(H2,21,22,23). The number of nitrogens with one attached hydrogen (secondary N) is 2. The molecule has 2 aromatic carbocycles. The Morgan fingerprint density at radius 2 is 1.62 bits per heavy atom. The Kier molecular flexibility index (Phi) is 6.68. The molecule has 0 saturated carbocycles. The smallest absolute Gasteiger partial charge is 0.191 e. The van der Waals surface area contributed by atoms with Gasteiger partial charge in [-0.05, 0) is 29.3 Å². The number of nitrogens with zero attached hydrogens (tertiary/aromatic N) is 1. The van der Waals surface area contributed by atoms with Crippen LogP contribution in [0.15, 0.2) is 47.5 Å². The van der Waals surface area contributed by atoms with Crippen molar-refractivity contribution in [1.29, 1.82) is 0 Å². The van der Waals surface area contributed by atoms with Crippen molar-refractivity contribution in [2.75, 3.05) is 13.3 Å². The minimum atomic E-state index is -3.06. The third kappa shape index (κ3) is 6.44. The second-order valence-corrected chi connectivity index (χ2v) is 8.04. The van der Waals surface area contributed by atoms with Crippen molar-refractivity contribution < 1.29 is 17.2 Å². The van der Waals surface area contributed by atoms with Crippen LogP contribution in [0.2, 0.25) is 0 Å². The first-order chi connectivity index (χ1) is 12.3. The first-order valence-corrected chi connectivity index (χ1v) is 9.97. The van der Waals surface area contributed by atoms with E-state index in [2.05, 4.69) is 15.6 Å². The summed E-state index contributed by atoms with van der Waals surface area (Å²) in [5.74, 6) is -0.548. The lowest BCUT2D eigenvalue weighted by molar-refractivity contribution is 0.581. The van der Waals surface area contributed by atoms with Crippen LogP contribution in [0.3, 0.4) is 0 Å². The van der Waals surface area contributed by atoms with Crippen LogP contribution >= 0.6 is 0 Å². The maximum atomic E-state index is 13.6. The van der Waals surface area contributed by atoms with Crippen molar-refractivity contribution in [3.63, 3.8) is 0 Å². The Bertz CT molecular complexity index is 882. The van der Waals surface area contributed by atoms with E-state index in [1.807, 2.05) is 12.1 Å². The summed E-state index contributed by atoms with van der Waals surface area (Å²) in [6, 6.07) is 10.5. The van der Waals surface area contributed by atoms with Gasteiger partial charge in [0.05, 0.1) is 5.75 Å². The summed E-state index contributed by atoms with van der Waals surface area (Å²) < 4.78 is 49.4. The van der Waals surface area contributed by atoms with Crippen molar-refractivity contribution >= 4 is 15.8 Å². The van der Waals surface area contributed by atoms with Gasteiger partial charge in [-0.2, -0.15) is 0 Å². The Balaban J connectivity index is 1.89. The molecular weight excluding hydrogens is 360 g/mol. The molecule has 0 aliphatic heterocycles. The zero-order chi connectivity index (χ0) is 19.2. The minimum Gasteiger partial charge on any atom is -0.352 e. The average molecular weight is 381 g/mol. The van der Waals surface area contributed by atoms with Gasteiger partial charge in [-0.15, -0.1) is 0 Å². The van der Waals surface area contributed by atoms with Gasteiger partial charge in [-0.1, -0.05) is 24.3 Å². The van der Waals surface area contributed by atoms with Crippen LogP contribution in [0.5, 0.6) is 0 Å². The van der Waals surface area contributed by atoms with Crippen molar-refractivity contribution in [2.24, 2.45) is 4.99 Å². The van der Waals surface area contributed by atoms with Gasteiger partial charge in [0, 0.05) is 32.0 Å². The molecule has 0 fully saturated rings. The van der Waals surface area contributed by atoms with Crippen molar-refractivity contribution in [3.8, 4) is 0 Å². The normalized spacial score (nSPS) is 12.1. The predicted molar refractivity (Wildman–Crippen MR) is 98.4 cm³/mol. The van der Waals surface area contributed by atoms with Crippen LogP contribution < -0.4 is 10.6 Å². The molecule has 140 valence electrons. The quantitative estimate of drug-likeness (QED) is 0.595. The number of halogens is 2. The van der Waals surface area contributed by atoms with E-state index in [-0.39, 0.29) is 17.9 Å². The average Bonchev–Trinajstić information content (AvgIpc) is 2.58. The highest BCUT2D eigenvalue weighted by Crippen LogP contribution is 2.10. The summed E-state index contributed by atoms with van der Waals surface area (Å²) in [6.45, 7) is 0.543. The summed E-state index contributed by atoms with van der Waals surface area (Å²) in [5.41, 5.74) is 1.86. The van der Waals surface area contributed by atoms with Gasteiger partial charge in [0.1, 0.15) is 11.6 Å². The van der Waals surface area contributed by atoms with Crippen molar-refractivity contribution in [2.45, 2.75) is 18.8 Å². The van der Waals surface area contributed by atoms with Gasteiger partial charge in [-0.25, -0.2) is 17.2 Å². The fourth-order valence-electron chi connectivity index (χ4n) is 2.32. The lowest BCUT2D eigenvalue weighted by Crippen LogP contribution is -2.36. The summed E-state index contributed by atoms with van der Waals surface area (Å²) in [7, 11) is -1.49. The van der Waals surface area contributed by atoms with E-state index < -0.39 is 21.5 Å². The van der Waals surface area contributed by atoms with E-state index in [1.165, 1.54) is 6.26 Å². The molecule has 2 aromatic rings. The van der Waals surface area contributed by atoms with Gasteiger partial charge >= 0.3 is 0 Å². The van der Waals surface area contributed by atoms with E-state index in [4.69, 9.17) is 0 Å². The number of guanidine groups is 1. The highest BCUT2D eigenvalue weighted by Gasteiger charge is 2.06. The summed E-state index contributed by atoms with van der Waals surface area (Å²) in [4.78, 5) is 4.04. The number of sulfone groups is 1. The zero-order valence-corrected chi connectivity index (χ0v) is 15.4. The fraction of sp³-hybridized carbons (Fsp3) is 0.278. The van der Waals surface area contributed by atoms with E-state index in [0.29, 0.717) is 12.5 Å². The summed E-state index contributed by atoms with van der Waals surface area (Å²) in [6.07, 6.45) is 1.19. The Labute approximate surface area is 152 Å². The molecule has 8 heteroatoms. The molecule has 0 spiro atoms.